The summed E-state index contributed by atoms with van der Waals surface area (Å²) >= 11 is 1.57. The summed E-state index contributed by atoms with van der Waals surface area (Å²) < 4.78 is 5.25. The minimum atomic E-state index is -0.743. The number of carbonyl (C=O) groups is 1. The normalized spacial score (nSPS) is 18.0. The zero-order chi connectivity index (χ0) is 14.0. The number of carboxylic acids is 1. The first-order valence-electron chi connectivity index (χ1n) is 6.78. The molecule has 1 aliphatic rings. The monoisotopic (exact) mass is 292 g/mol. The molecule has 5 nitrogen and oxygen atoms in total. The Morgan fingerprint density at radius 1 is 1.40 bits per heavy atom. The van der Waals surface area contributed by atoms with Crippen LogP contribution in [-0.4, -0.2) is 21.2 Å². The van der Waals surface area contributed by atoms with Crippen LogP contribution in [0.2, 0.25) is 0 Å². The highest BCUT2D eigenvalue weighted by molar-refractivity contribution is 7.08. The van der Waals surface area contributed by atoms with E-state index in [1.165, 1.54) is 0 Å². The summed E-state index contributed by atoms with van der Waals surface area (Å²) in [5.41, 5.74) is 0.189. The molecule has 106 valence electrons. The van der Waals surface area contributed by atoms with Gasteiger partial charge in [0.15, 0.2) is 0 Å². The van der Waals surface area contributed by atoms with Crippen molar-refractivity contribution in [1.29, 1.82) is 0 Å². The Morgan fingerprint density at radius 2 is 2.20 bits per heavy atom. The number of aliphatic carboxylic acids is 1. The zero-order valence-corrected chi connectivity index (χ0v) is 11.9. The lowest BCUT2D eigenvalue weighted by Gasteiger charge is -2.31. The van der Waals surface area contributed by atoms with Crippen molar-refractivity contribution < 1.29 is 14.4 Å². The fourth-order valence-corrected chi connectivity index (χ4v) is 3.45. The van der Waals surface area contributed by atoms with Crippen LogP contribution >= 0.6 is 11.3 Å². The molecule has 0 saturated heterocycles. The molecule has 2 heterocycles. The van der Waals surface area contributed by atoms with E-state index >= 15 is 0 Å². The number of aromatic nitrogens is 2. The molecule has 2 aromatic heterocycles. The molecule has 0 atom stereocenters. The van der Waals surface area contributed by atoms with Gasteiger partial charge in [0.05, 0.1) is 5.41 Å². The van der Waals surface area contributed by atoms with Gasteiger partial charge in [0.2, 0.25) is 11.7 Å². The van der Waals surface area contributed by atoms with E-state index in [0.717, 1.165) is 24.8 Å². The van der Waals surface area contributed by atoms with E-state index in [0.29, 0.717) is 31.0 Å². The van der Waals surface area contributed by atoms with Crippen molar-refractivity contribution in [2.45, 2.75) is 38.5 Å². The van der Waals surface area contributed by atoms with Crippen LogP contribution in [-0.2, 0) is 11.2 Å². The molecule has 0 aromatic carbocycles. The third-order valence-electron chi connectivity index (χ3n) is 4.00. The molecule has 1 fully saturated rings. The first-order chi connectivity index (χ1) is 9.70. The Morgan fingerprint density at radius 3 is 2.85 bits per heavy atom. The van der Waals surface area contributed by atoms with E-state index in [1.54, 1.807) is 11.3 Å². The molecule has 0 unspecified atom stereocenters. The highest BCUT2D eigenvalue weighted by Gasteiger charge is 2.41. The summed E-state index contributed by atoms with van der Waals surface area (Å²) in [6.07, 6.45) is 4.74. The fraction of sp³-hybridized carbons (Fsp3) is 0.500. The van der Waals surface area contributed by atoms with Crippen LogP contribution < -0.4 is 0 Å². The summed E-state index contributed by atoms with van der Waals surface area (Å²) in [7, 11) is 0. The number of hydrogen-bond donors (Lipinski definition) is 1. The molecule has 0 spiro atoms. The van der Waals surface area contributed by atoms with Crippen LogP contribution in [0, 0.1) is 5.41 Å². The van der Waals surface area contributed by atoms with Gasteiger partial charge in [0.1, 0.15) is 0 Å². The molecule has 1 saturated carbocycles. The van der Waals surface area contributed by atoms with Gasteiger partial charge in [-0.05, 0) is 24.3 Å². The lowest BCUT2D eigenvalue weighted by molar-refractivity contribution is -0.151. The summed E-state index contributed by atoms with van der Waals surface area (Å²) in [6.45, 7) is 0. The van der Waals surface area contributed by atoms with Crippen LogP contribution in [0.4, 0.5) is 0 Å². The second kappa shape index (κ2) is 5.36. The lowest BCUT2D eigenvalue weighted by atomic mass is 9.72. The van der Waals surface area contributed by atoms with Crippen molar-refractivity contribution in [3.63, 3.8) is 0 Å². The summed E-state index contributed by atoms with van der Waals surface area (Å²) in [4.78, 5) is 16.0. The first kappa shape index (κ1) is 13.3. The van der Waals surface area contributed by atoms with Crippen molar-refractivity contribution in [2.75, 3.05) is 0 Å². The van der Waals surface area contributed by atoms with Gasteiger partial charge in [-0.3, -0.25) is 4.79 Å². The number of thiophene rings is 1. The van der Waals surface area contributed by atoms with Crippen molar-refractivity contribution in [3.8, 4) is 11.4 Å². The van der Waals surface area contributed by atoms with Gasteiger partial charge in [-0.2, -0.15) is 16.3 Å². The largest absolute Gasteiger partial charge is 0.481 e. The van der Waals surface area contributed by atoms with Gasteiger partial charge >= 0.3 is 5.97 Å². The quantitative estimate of drug-likeness (QED) is 0.934. The molecule has 6 heteroatoms. The number of carboxylic acid groups (broad SMARTS) is 1. The highest BCUT2D eigenvalue weighted by Crippen LogP contribution is 2.39. The zero-order valence-electron chi connectivity index (χ0n) is 11.0. The van der Waals surface area contributed by atoms with Crippen molar-refractivity contribution >= 4 is 17.3 Å². The second-order valence-electron chi connectivity index (χ2n) is 5.35. The molecular formula is C14H16N2O3S. The number of hydrogen-bond acceptors (Lipinski definition) is 5. The summed E-state index contributed by atoms with van der Waals surface area (Å²) in [6, 6.07) is 1.92. The topological polar surface area (TPSA) is 76.2 Å². The van der Waals surface area contributed by atoms with Gasteiger partial charge in [-0.25, -0.2) is 0 Å². The van der Waals surface area contributed by atoms with Crippen LogP contribution in [0.1, 0.15) is 38.0 Å². The molecule has 3 rings (SSSR count). The Balaban J connectivity index is 1.81. The summed E-state index contributed by atoms with van der Waals surface area (Å²) in [5, 5.41) is 17.4. The van der Waals surface area contributed by atoms with E-state index in [4.69, 9.17) is 4.52 Å². The SMILES string of the molecule is O=C(O)C1(Cc2nc(-c3ccsc3)no2)CCCCC1. The van der Waals surface area contributed by atoms with Gasteiger partial charge in [0.25, 0.3) is 0 Å². The minimum Gasteiger partial charge on any atom is -0.481 e. The van der Waals surface area contributed by atoms with Crippen molar-refractivity contribution in [1.82, 2.24) is 10.1 Å². The van der Waals surface area contributed by atoms with Crippen LogP contribution in [0.5, 0.6) is 0 Å². The predicted octanol–water partition coefficient (Wildman–Crippen LogP) is 3.38. The van der Waals surface area contributed by atoms with Crippen LogP contribution in [0.15, 0.2) is 21.3 Å². The maximum Gasteiger partial charge on any atom is 0.310 e. The minimum absolute atomic E-state index is 0.333. The second-order valence-corrected chi connectivity index (χ2v) is 6.13. The van der Waals surface area contributed by atoms with E-state index in [2.05, 4.69) is 10.1 Å². The van der Waals surface area contributed by atoms with Gasteiger partial charge in [-0.15, -0.1) is 0 Å². The molecule has 0 radical (unpaired) electrons. The van der Waals surface area contributed by atoms with E-state index < -0.39 is 11.4 Å². The lowest BCUT2D eigenvalue weighted by Crippen LogP contribution is -2.35. The molecule has 0 amide bonds. The molecule has 2 aromatic rings. The highest BCUT2D eigenvalue weighted by atomic mass is 32.1. The van der Waals surface area contributed by atoms with Gasteiger partial charge in [-0.1, -0.05) is 24.4 Å². The average Bonchev–Trinajstić information content (AvgIpc) is 3.10. The maximum absolute atomic E-state index is 11.6. The third-order valence-corrected chi connectivity index (χ3v) is 4.68. The van der Waals surface area contributed by atoms with Crippen LogP contribution in [0.25, 0.3) is 11.4 Å². The van der Waals surface area contributed by atoms with Crippen molar-refractivity contribution in [3.05, 3.63) is 22.7 Å². The third kappa shape index (κ3) is 2.47. The Kier molecular flexibility index (Phi) is 3.56. The first-order valence-corrected chi connectivity index (χ1v) is 7.72. The molecule has 0 bridgehead atoms. The molecule has 20 heavy (non-hydrogen) atoms. The number of rotatable bonds is 4. The van der Waals surface area contributed by atoms with E-state index in [9.17, 15) is 9.90 Å². The molecule has 0 aliphatic heterocycles. The van der Waals surface area contributed by atoms with Crippen molar-refractivity contribution in [2.24, 2.45) is 5.41 Å². The Labute approximate surface area is 120 Å². The fourth-order valence-electron chi connectivity index (χ4n) is 2.82. The number of nitrogens with zero attached hydrogens (tertiary/aromatic N) is 2. The predicted molar refractivity (Wildman–Crippen MR) is 74.5 cm³/mol. The Hall–Kier alpha value is -1.69. The molecular weight excluding hydrogens is 276 g/mol. The van der Waals surface area contributed by atoms with Gasteiger partial charge < -0.3 is 9.63 Å². The van der Waals surface area contributed by atoms with E-state index in [-0.39, 0.29) is 0 Å². The standard InChI is InChI=1S/C14H16N2O3S/c17-13(18)14(5-2-1-3-6-14)8-11-15-12(16-19-11)10-4-7-20-9-10/h4,7,9H,1-3,5-6,8H2,(H,17,18). The summed E-state index contributed by atoms with van der Waals surface area (Å²) in [5.74, 6) is 0.223. The average molecular weight is 292 g/mol. The molecule has 1 aliphatic carbocycles. The van der Waals surface area contributed by atoms with Gasteiger partial charge in [0, 0.05) is 17.4 Å². The smallest absolute Gasteiger partial charge is 0.310 e. The Bertz CT molecular complexity index is 585. The molecule has 1 N–H and O–H groups in total. The maximum atomic E-state index is 11.6. The van der Waals surface area contributed by atoms with E-state index in [1.807, 2.05) is 16.8 Å². The van der Waals surface area contributed by atoms with Crippen LogP contribution in [0.3, 0.4) is 0 Å².